The molecule has 1 heterocycles. The number of rotatable bonds is 7. The molecule has 1 aliphatic rings. The topological polar surface area (TPSA) is 136 Å². The Hall–Kier alpha value is -4.32. The summed E-state index contributed by atoms with van der Waals surface area (Å²) in [5.74, 6) is -2.27. The Morgan fingerprint density at radius 2 is 1.46 bits per heavy atom. The lowest BCUT2D eigenvalue weighted by molar-refractivity contribution is -0.119. The second-order valence-corrected chi connectivity index (χ2v) is 11.9. The Bertz CT molecular complexity index is 1780. The van der Waals surface area contributed by atoms with E-state index in [0.717, 1.165) is 11.3 Å². The molecule has 0 saturated carbocycles. The largest absolute Gasteiger partial charge is 0.452 e. The minimum atomic E-state index is -4.01. The van der Waals surface area contributed by atoms with Crippen molar-refractivity contribution in [2.24, 2.45) is 0 Å². The molecule has 196 valence electrons. The SMILES string of the molecule is O=C(COC(=O)c1ccccc1NS(=O)(=O)c1ccc(Cl)s1)Nc1ccc2c(c1)C(=O)c1ccccc1C2=O. The van der Waals surface area contributed by atoms with Crippen LogP contribution >= 0.6 is 22.9 Å². The summed E-state index contributed by atoms with van der Waals surface area (Å²) < 4.78 is 33.0. The summed E-state index contributed by atoms with van der Waals surface area (Å²) in [7, 11) is -4.01. The molecular formula is C27H17ClN2O7S2. The Balaban J connectivity index is 1.26. The lowest BCUT2D eigenvalue weighted by atomic mass is 9.84. The van der Waals surface area contributed by atoms with E-state index in [0.29, 0.717) is 5.56 Å². The lowest BCUT2D eigenvalue weighted by Crippen LogP contribution is -2.23. The van der Waals surface area contributed by atoms with E-state index < -0.39 is 28.5 Å². The Morgan fingerprint density at radius 3 is 2.15 bits per heavy atom. The predicted molar refractivity (Wildman–Crippen MR) is 145 cm³/mol. The summed E-state index contributed by atoms with van der Waals surface area (Å²) in [6.45, 7) is -0.687. The Morgan fingerprint density at radius 1 is 0.821 bits per heavy atom. The lowest BCUT2D eigenvalue weighted by Gasteiger charge is -2.18. The van der Waals surface area contributed by atoms with Gasteiger partial charge in [0.05, 0.1) is 15.6 Å². The highest BCUT2D eigenvalue weighted by Gasteiger charge is 2.29. The zero-order valence-corrected chi connectivity index (χ0v) is 22.2. The minimum Gasteiger partial charge on any atom is -0.452 e. The smallest absolute Gasteiger partial charge is 0.340 e. The van der Waals surface area contributed by atoms with Crippen molar-refractivity contribution < 1.29 is 32.3 Å². The second-order valence-electron chi connectivity index (χ2n) is 8.30. The van der Waals surface area contributed by atoms with Crippen molar-refractivity contribution in [3.05, 3.63) is 111 Å². The first-order valence-corrected chi connectivity index (χ1v) is 14.0. The molecule has 1 aromatic heterocycles. The highest BCUT2D eigenvalue weighted by atomic mass is 35.5. The number of anilines is 2. The molecule has 0 fully saturated rings. The molecule has 3 aromatic carbocycles. The maximum absolute atomic E-state index is 12.9. The number of thiophene rings is 1. The van der Waals surface area contributed by atoms with Crippen molar-refractivity contribution in [3.63, 3.8) is 0 Å². The van der Waals surface area contributed by atoms with Crippen LogP contribution in [0.5, 0.6) is 0 Å². The van der Waals surface area contributed by atoms with Crippen molar-refractivity contribution in [1.82, 2.24) is 0 Å². The van der Waals surface area contributed by atoms with Gasteiger partial charge in [0.15, 0.2) is 18.2 Å². The van der Waals surface area contributed by atoms with Crippen LogP contribution in [0.4, 0.5) is 11.4 Å². The van der Waals surface area contributed by atoms with Gasteiger partial charge in [0.25, 0.3) is 15.9 Å². The molecule has 12 heteroatoms. The number of benzene rings is 3. The zero-order valence-electron chi connectivity index (χ0n) is 19.8. The first-order valence-electron chi connectivity index (χ1n) is 11.3. The summed E-state index contributed by atoms with van der Waals surface area (Å²) in [5.41, 5.74) is 1.08. The van der Waals surface area contributed by atoms with Crippen LogP contribution in [0, 0.1) is 0 Å². The number of sulfonamides is 1. The van der Waals surface area contributed by atoms with Gasteiger partial charge in [-0.1, -0.05) is 48.0 Å². The van der Waals surface area contributed by atoms with E-state index in [9.17, 15) is 27.6 Å². The van der Waals surface area contributed by atoms with Gasteiger partial charge < -0.3 is 10.1 Å². The van der Waals surface area contributed by atoms with Crippen LogP contribution in [0.3, 0.4) is 0 Å². The molecule has 4 aromatic rings. The number of hydrogen-bond acceptors (Lipinski definition) is 8. The number of ether oxygens (including phenoxy) is 1. The van der Waals surface area contributed by atoms with Crippen molar-refractivity contribution in [3.8, 4) is 0 Å². The van der Waals surface area contributed by atoms with Crippen LogP contribution in [0.2, 0.25) is 4.34 Å². The zero-order chi connectivity index (χ0) is 27.7. The quantitative estimate of drug-likeness (QED) is 0.265. The van der Waals surface area contributed by atoms with Crippen molar-refractivity contribution in [2.75, 3.05) is 16.6 Å². The van der Waals surface area contributed by atoms with Gasteiger partial charge in [0, 0.05) is 27.9 Å². The van der Waals surface area contributed by atoms with Gasteiger partial charge in [0.1, 0.15) is 4.21 Å². The van der Waals surface area contributed by atoms with Crippen molar-refractivity contribution >= 4 is 67.8 Å². The molecular weight excluding hydrogens is 564 g/mol. The third kappa shape index (κ3) is 5.32. The average molecular weight is 581 g/mol. The normalized spacial score (nSPS) is 12.3. The number of carbonyl (C=O) groups is 4. The monoisotopic (exact) mass is 580 g/mol. The minimum absolute atomic E-state index is 0.0365. The fourth-order valence-corrected chi connectivity index (χ4v) is 6.53. The number of halogens is 1. The summed E-state index contributed by atoms with van der Waals surface area (Å²) in [5, 5.41) is 2.53. The standard InChI is InChI=1S/C27H17ClN2O7S2/c28-22-11-12-24(38-22)39(35,36)30-21-8-4-3-7-19(21)27(34)37-14-23(31)29-15-9-10-18-20(13-15)26(33)17-6-2-1-5-16(17)25(18)32/h1-13,30H,14H2,(H,29,31). The summed E-state index contributed by atoms with van der Waals surface area (Å²) >= 11 is 6.69. The molecule has 9 nitrogen and oxygen atoms in total. The fraction of sp³-hybridized carbons (Fsp3) is 0.0370. The van der Waals surface area contributed by atoms with Gasteiger partial charge in [-0.25, -0.2) is 13.2 Å². The molecule has 0 unspecified atom stereocenters. The maximum Gasteiger partial charge on any atom is 0.340 e. The second kappa shape index (κ2) is 10.4. The van der Waals surface area contributed by atoms with E-state index in [1.807, 2.05) is 0 Å². The van der Waals surface area contributed by atoms with Crippen LogP contribution in [-0.4, -0.2) is 38.5 Å². The van der Waals surface area contributed by atoms with Gasteiger partial charge in [0.2, 0.25) is 0 Å². The summed E-state index contributed by atoms with van der Waals surface area (Å²) in [6.07, 6.45) is 0. The maximum atomic E-state index is 12.9. The van der Waals surface area contributed by atoms with E-state index >= 15 is 0 Å². The van der Waals surface area contributed by atoms with Gasteiger partial charge in [-0.15, -0.1) is 11.3 Å². The van der Waals surface area contributed by atoms with Crippen molar-refractivity contribution in [1.29, 1.82) is 0 Å². The fourth-order valence-electron chi connectivity index (χ4n) is 3.97. The number of hydrogen-bond donors (Lipinski definition) is 2. The van der Waals surface area contributed by atoms with Gasteiger partial charge in [-0.3, -0.25) is 19.1 Å². The first kappa shape index (κ1) is 26.3. The third-order valence-electron chi connectivity index (χ3n) is 5.75. The number of ketones is 2. The molecule has 39 heavy (non-hydrogen) atoms. The van der Waals surface area contributed by atoms with Crippen LogP contribution in [0.15, 0.2) is 83.1 Å². The number of esters is 1. The number of para-hydroxylation sites is 1. The van der Waals surface area contributed by atoms with Crippen LogP contribution in [0.25, 0.3) is 0 Å². The molecule has 0 aliphatic heterocycles. The molecule has 5 rings (SSSR count). The molecule has 0 saturated heterocycles. The molecule has 0 atom stereocenters. The summed E-state index contributed by atoms with van der Waals surface area (Å²) in [4.78, 5) is 50.8. The van der Waals surface area contributed by atoms with E-state index in [2.05, 4.69) is 10.0 Å². The number of nitrogens with one attached hydrogen (secondary N) is 2. The van der Waals surface area contributed by atoms with Gasteiger partial charge >= 0.3 is 5.97 Å². The average Bonchev–Trinajstić information content (AvgIpc) is 3.38. The van der Waals surface area contributed by atoms with Crippen LogP contribution < -0.4 is 10.0 Å². The molecule has 2 N–H and O–H groups in total. The Kier molecular flexibility index (Phi) is 7.04. The first-order chi connectivity index (χ1) is 18.6. The molecule has 0 bridgehead atoms. The van der Waals surface area contributed by atoms with E-state index in [1.54, 1.807) is 24.3 Å². The molecule has 0 spiro atoms. The van der Waals surface area contributed by atoms with Gasteiger partial charge in [-0.05, 0) is 42.5 Å². The van der Waals surface area contributed by atoms with Gasteiger partial charge in [-0.2, -0.15) is 0 Å². The number of carbonyl (C=O) groups excluding carboxylic acids is 4. The van der Waals surface area contributed by atoms with Crippen LogP contribution in [-0.2, 0) is 19.6 Å². The number of amides is 1. The van der Waals surface area contributed by atoms with Crippen molar-refractivity contribution in [2.45, 2.75) is 4.21 Å². The molecule has 0 radical (unpaired) electrons. The van der Waals surface area contributed by atoms with E-state index in [-0.39, 0.29) is 53.7 Å². The van der Waals surface area contributed by atoms with Crippen LogP contribution in [0.1, 0.15) is 42.2 Å². The number of fused-ring (bicyclic) bond motifs is 2. The highest BCUT2D eigenvalue weighted by molar-refractivity contribution is 7.94. The highest BCUT2D eigenvalue weighted by Crippen LogP contribution is 2.30. The summed E-state index contributed by atoms with van der Waals surface area (Å²) in [6, 6.07) is 19.4. The van der Waals surface area contributed by atoms with E-state index in [1.165, 1.54) is 54.6 Å². The molecule has 1 aliphatic carbocycles. The third-order valence-corrected chi connectivity index (χ3v) is 8.84. The van der Waals surface area contributed by atoms with E-state index in [4.69, 9.17) is 16.3 Å². The predicted octanol–water partition coefficient (Wildman–Crippen LogP) is 4.77. The Labute approximate surface area is 231 Å². The molecule has 1 amide bonds.